The molecule has 0 heterocycles. The Kier molecular flexibility index (Phi) is 3.42. The number of benzene rings is 1. The molecule has 0 saturated heterocycles. The van der Waals surface area contributed by atoms with Crippen molar-refractivity contribution < 1.29 is 27.5 Å². The molecule has 1 rings (SSSR count). The molecule has 1 aromatic rings. The van der Waals surface area contributed by atoms with E-state index in [2.05, 4.69) is 0 Å². The van der Waals surface area contributed by atoms with Crippen molar-refractivity contribution in [3.63, 3.8) is 0 Å². The summed E-state index contributed by atoms with van der Waals surface area (Å²) in [6.07, 6.45) is -5.57. The van der Waals surface area contributed by atoms with Crippen molar-refractivity contribution in [2.75, 3.05) is 0 Å². The molecule has 0 atom stereocenters. The number of halogens is 5. The highest BCUT2D eigenvalue weighted by molar-refractivity contribution is 6.31. The van der Waals surface area contributed by atoms with Crippen LogP contribution >= 0.6 is 11.6 Å². The van der Waals surface area contributed by atoms with E-state index in [4.69, 9.17) is 16.7 Å². The first-order chi connectivity index (χ1) is 7.21. The average Bonchev–Trinajstić information content (AvgIpc) is 2.06. The molecule has 0 aliphatic carbocycles. The monoisotopic (exact) mass is 256 g/mol. The van der Waals surface area contributed by atoms with E-state index in [-0.39, 0.29) is 10.6 Å². The zero-order chi connectivity index (χ0) is 12.5. The Labute approximate surface area is 92.4 Å². The van der Waals surface area contributed by atoms with E-state index >= 15 is 0 Å². The van der Waals surface area contributed by atoms with Crippen molar-refractivity contribution >= 4 is 17.6 Å². The minimum absolute atomic E-state index is 0.275. The summed E-state index contributed by atoms with van der Waals surface area (Å²) in [6, 6.07) is 0.869. The van der Waals surface area contributed by atoms with Crippen LogP contribution in [0, 0.1) is 5.82 Å². The molecule has 1 N–H and O–H groups in total. The van der Waals surface area contributed by atoms with Gasteiger partial charge < -0.3 is 5.11 Å². The predicted molar refractivity (Wildman–Crippen MR) is 47.8 cm³/mol. The maximum absolute atomic E-state index is 12.9. The topological polar surface area (TPSA) is 37.3 Å². The molecule has 0 aliphatic rings. The highest BCUT2D eigenvalue weighted by atomic mass is 35.5. The fourth-order valence-corrected chi connectivity index (χ4v) is 1.33. The lowest BCUT2D eigenvalue weighted by atomic mass is 10.1. The van der Waals surface area contributed by atoms with E-state index in [1.165, 1.54) is 0 Å². The van der Waals surface area contributed by atoms with Crippen LogP contribution in [-0.4, -0.2) is 11.1 Å². The van der Waals surface area contributed by atoms with Gasteiger partial charge in [0.15, 0.2) is 0 Å². The number of aliphatic carboxylic acids is 1. The normalized spacial score (nSPS) is 11.6. The van der Waals surface area contributed by atoms with Crippen molar-refractivity contribution in [2.24, 2.45) is 0 Å². The van der Waals surface area contributed by atoms with Crippen molar-refractivity contribution in [3.05, 3.63) is 34.1 Å². The third-order valence-corrected chi connectivity index (χ3v) is 2.14. The van der Waals surface area contributed by atoms with Crippen molar-refractivity contribution in [1.29, 1.82) is 0 Å². The van der Waals surface area contributed by atoms with E-state index in [9.17, 15) is 22.4 Å². The summed E-state index contributed by atoms with van der Waals surface area (Å²) in [5.74, 6) is -2.87. The van der Waals surface area contributed by atoms with Gasteiger partial charge >= 0.3 is 12.1 Å². The number of hydrogen-bond acceptors (Lipinski definition) is 1. The molecule has 0 spiro atoms. The van der Waals surface area contributed by atoms with E-state index in [0.717, 1.165) is 0 Å². The number of alkyl halides is 3. The third-order valence-electron chi connectivity index (χ3n) is 1.78. The van der Waals surface area contributed by atoms with Crippen LogP contribution in [0.4, 0.5) is 17.6 Å². The molecule has 2 nitrogen and oxygen atoms in total. The first-order valence-electron chi connectivity index (χ1n) is 3.98. The lowest BCUT2D eigenvalue weighted by Crippen LogP contribution is -2.10. The van der Waals surface area contributed by atoms with Gasteiger partial charge in [0.25, 0.3) is 0 Å². The Morgan fingerprint density at radius 3 is 2.38 bits per heavy atom. The molecule has 0 saturated carbocycles. The lowest BCUT2D eigenvalue weighted by Gasteiger charge is -2.10. The predicted octanol–water partition coefficient (Wildman–Crippen LogP) is 3.13. The standard InChI is InChI=1S/C9H5ClF4O2/c10-6-3-7(11)5(9(12,13)14)1-4(6)2-8(15)16/h1,3H,2H2,(H,15,16). The number of carboxylic acids is 1. The van der Waals surface area contributed by atoms with Gasteiger partial charge in [0.1, 0.15) is 5.82 Å². The van der Waals surface area contributed by atoms with Crippen LogP contribution in [0.5, 0.6) is 0 Å². The van der Waals surface area contributed by atoms with Gasteiger partial charge in [-0.25, -0.2) is 4.39 Å². The van der Waals surface area contributed by atoms with Crippen LogP contribution in [-0.2, 0) is 17.4 Å². The first kappa shape index (κ1) is 12.8. The SMILES string of the molecule is O=C(O)Cc1cc(C(F)(F)F)c(F)cc1Cl. The highest BCUT2D eigenvalue weighted by Gasteiger charge is 2.34. The second kappa shape index (κ2) is 4.29. The number of hydrogen-bond donors (Lipinski definition) is 1. The van der Waals surface area contributed by atoms with Gasteiger partial charge in [0, 0.05) is 5.02 Å². The number of carboxylic acid groups (broad SMARTS) is 1. The van der Waals surface area contributed by atoms with Crippen LogP contribution in [0.3, 0.4) is 0 Å². The van der Waals surface area contributed by atoms with Crippen LogP contribution < -0.4 is 0 Å². The quantitative estimate of drug-likeness (QED) is 0.826. The molecular weight excluding hydrogens is 252 g/mol. The van der Waals surface area contributed by atoms with Gasteiger partial charge in [0.2, 0.25) is 0 Å². The van der Waals surface area contributed by atoms with Gasteiger partial charge in [-0.1, -0.05) is 11.6 Å². The van der Waals surface area contributed by atoms with Crippen LogP contribution in [0.15, 0.2) is 12.1 Å². The van der Waals surface area contributed by atoms with Crippen LogP contribution in [0.2, 0.25) is 5.02 Å². The molecule has 0 amide bonds. The van der Waals surface area contributed by atoms with Gasteiger partial charge in [-0.15, -0.1) is 0 Å². The Morgan fingerprint density at radius 1 is 1.38 bits per heavy atom. The van der Waals surface area contributed by atoms with Crippen molar-refractivity contribution in [1.82, 2.24) is 0 Å². The first-order valence-corrected chi connectivity index (χ1v) is 4.36. The third kappa shape index (κ3) is 2.85. The van der Waals surface area contributed by atoms with Gasteiger partial charge in [0.05, 0.1) is 12.0 Å². The van der Waals surface area contributed by atoms with Crippen molar-refractivity contribution in [2.45, 2.75) is 12.6 Å². The summed E-state index contributed by atoms with van der Waals surface area (Å²) >= 11 is 5.42. The Bertz CT molecular complexity index is 428. The van der Waals surface area contributed by atoms with Gasteiger partial charge in [-0.2, -0.15) is 13.2 Å². The number of rotatable bonds is 2. The molecule has 0 radical (unpaired) electrons. The summed E-state index contributed by atoms with van der Waals surface area (Å²) in [7, 11) is 0. The number of carbonyl (C=O) groups is 1. The molecular formula is C9H5ClF4O2. The summed E-state index contributed by atoms with van der Waals surface area (Å²) < 4.78 is 49.7. The van der Waals surface area contributed by atoms with E-state index in [0.29, 0.717) is 12.1 Å². The molecule has 0 unspecified atom stereocenters. The largest absolute Gasteiger partial charge is 0.481 e. The second-order valence-electron chi connectivity index (χ2n) is 2.99. The highest BCUT2D eigenvalue weighted by Crippen LogP contribution is 2.34. The van der Waals surface area contributed by atoms with Gasteiger partial charge in [-0.05, 0) is 17.7 Å². The fraction of sp³-hybridized carbons (Fsp3) is 0.222. The molecule has 88 valence electrons. The molecule has 0 bridgehead atoms. The van der Waals surface area contributed by atoms with E-state index in [1.54, 1.807) is 0 Å². The van der Waals surface area contributed by atoms with Crippen molar-refractivity contribution in [3.8, 4) is 0 Å². The smallest absolute Gasteiger partial charge is 0.419 e. The zero-order valence-corrected chi connectivity index (χ0v) is 8.36. The maximum atomic E-state index is 12.9. The summed E-state index contributed by atoms with van der Waals surface area (Å²) in [5.41, 5.74) is -1.80. The van der Waals surface area contributed by atoms with Crippen LogP contribution in [0.1, 0.15) is 11.1 Å². The summed E-state index contributed by atoms with van der Waals surface area (Å²) in [6.45, 7) is 0. The van der Waals surface area contributed by atoms with E-state index in [1.807, 2.05) is 0 Å². The maximum Gasteiger partial charge on any atom is 0.419 e. The minimum Gasteiger partial charge on any atom is -0.481 e. The average molecular weight is 257 g/mol. The molecule has 0 aliphatic heterocycles. The van der Waals surface area contributed by atoms with Gasteiger partial charge in [-0.3, -0.25) is 4.79 Å². The Balaban J connectivity index is 3.27. The fourth-order valence-electron chi connectivity index (χ4n) is 1.11. The van der Waals surface area contributed by atoms with E-state index < -0.39 is 29.9 Å². The molecule has 1 aromatic carbocycles. The second-order valence-corrected chi connectivity index (χ2v) is 3.40. The minimum atomic E-state index is -4.87. The zero-order valence-electron chi connectivity index (χ0n) is 7.61. The Morgan fingerprint density at radius 2 is 1.94 bits per heavy atom. The van der Waals surface area contributed by atoms with Crippen LogP contribution in [0.25, 0.3) is 0 Å². The molecule has 0 fully saturated rings. The lowest BCUT2D eigenvalue weighted by molar-refractivity contribution is -0.140. The molecule has 16 heavy (non-hydrogen) atoms. The molecule has 7 heteroatoms. The Hall–Kier alpha value is -1.30. The summed E-state index contributed by atoms with van der Waals surface area (Å²) in [5, 5.41) is 8.08. The summed E-state index contributed by atoms with van der Waals surface area (Å²) in [4.78, 5) is 10.3. The molecule has 0 aromatic heterocycles.